The van der Waals surface area contributed by atoms with E-state index < -0.39 is 5.97 Å². The quantitative estimate of drug-likeness (QED) is 0.591. The van der Waals surface area contributed by atoms with E-state index in [1.54, 1.807) is 29.8 Å². The first-order valence-corrected chi connectivity index (χ1v) is 7.18. The number of nitrogens with zero attached hydrogens (tertiary/aromatic N) is 1. The summed E-state index contributed by atoms with van der Waals surface area (Å²) < 4.78 is 5.63. The van der Waals surface area contributed by atoms with E-state index in [0.29, 0.717) is 11.3 Å². The van der Waals surface area contributed by atoms with Crippen molar-refractivity contribution in [3.63, 3.8) is 0 Å². The highest BCUT2D eigenvalue weighted by Crippen LogP contribution is 2.19. The van der Waals surface area contributed by atoms with Gasteiger partial charge < -0.3 is 9.72 Å². The van der Waals surface area contributed by atoms with Gasteiger partial charge >= 0.3 is 5.97 Å². The summed E-state index contributed by atoms with van der Waals surface area (Å²) in [6.45, 7) is 0. The van der Waals surface area contributed by atoms with E-state index in [2.05, 4.69) is 14.7 Å². The van der Waals surface area contributed by atoms with Crippen LogP contribution < -0.4 is 0 Å². The van der Waals surface area contributed by atoms with E-state index in [-0.39, 0.29) is 19.6 Å². The molecule has 2 heterocycles. The molecule has 114 valence electrons. The second-order valence-corrected chi connectivity index (χ2v) is 5.43. The molecule has 0 unspecified atom stereocenters. The van der Waals surface area contributed by atoms with Gasteiger partial charge in [-0.1, -0.05) is 19.6 Å². The number of aromatic nitrogens is 2. The minimum atomic E-state index is -0.408. The molecule has 0 radical (unpaired) electrons. The summed E-state index contributed by atoms with van der Waals surface area (Å²) >= 11 is 1.49. The molecule has 3 aromatic rings. The zero-order valence-electron chi connectivity index (χ0n) is 11.3. The largest absolute Gasteiger partial charge is 0.465 e. The maximum absolute atomic E-state index is 12.3. The van der Waals surface area contributed by atoms with E-state index in [0.717, 1.165) is 15.9 Å². The van der Waals surface area contributed by atoms with Gasteiger partial charge in [0.1, 0.15) is 5.65 Å². The Hall–Kier alpha value is -2.47. The summed E-state index contributed by atoms with van der Waals surface area (Å²) in [6, 6.07) is 8.69. The molecule has 2 aromatic heterocycles. The standard InChI is InChI=1S/C15H12N2O3S.CH4/c1-20-15(19)10-4-2-3-9(5-10)6-12(18)11-7-13-14(17-11)16-8-21-13;/h2-5,7-8,17H,6H2,1H3;1H4. The lowest BCUT2D eigenvalue weighted by atomic mass is 10.0. The smallest absolute Gasteiger partial charge is 0.337 e. The average Bonchev–Trinajstić information content (AvgIpc) is 3.08. The normalized spacial score (nSPS) is 10.2. The zero-order valence-corrected chi connectivity index (χ0v) is 12.1. The first-order chi connectivity index (χ1) is 10.2. The number of aromatic amines is 1. The van der Waals surface area contributed by atoms with Crippen LogP contribution in [0.1, 0.15) is 33.8 Å². The predicted molar refractivity (Wildman–Crippen MR) is 86.5 cm³/mol. The van der Waals surface area contributed by atoms with Crippen LogP contribution in [0.4, 0.5) is 0 Å². The Kier molecular flexibility index (Phi) is 4.72. The number of fused-ring (bicyclic) bond motifs is 1. The number of rotatable bonds is 4. The Morgan fingerprint density at radius 2 is 2.14 bits per heavy atom. The van der Waals surface area contributed by atoms with Crippen LogP contribution in [-0.2, 0) is 11.2 Å². The van der Waals surface area contributed by atoms with E-state index in [1.807, 2.05) is 6.07 Å². The number of carbonyl (C=O) groups is 2. The molecule has 22 heavy (non-hydrogen) atoms. The molecule has 0 aliphatic heterocycles. The first kappa shape index (κ1) is 15.9. The van der Waals surface area contributed by atoms with Crippen molar-refractivity contribution >= 4 is 33.4 Å². The molecule has 0 amide bonds. The Morgan fingerprint density at radius 3 is 2.86 bits per heavy atom. The molecule has 0 fully saturated rings. The van der Waals surface area contributed by atoms with Crippen LogP contribution in [0.15, 0.2) is 35.8 Å². The second-order valence-electron chi connectivity index (χ2n) is 4.54. The molecule has 6 heteroatoms. The van der Waals surface area contributed by atoms with Crippen molar-refractivity contribution in [2.45, 2.75) is 13.8 Å². The van der Waals surface area contributed by atoms with Crippen LogP contribution in [0, 0.1) is 0 Å². The number of benzene rings is 1. The van der Waals surface area contributed by atoms with Gasteiger partial charge in [0, 0.05) is 6.42 Å². The van der Waals surface area contributed by atoms with Crippen molar-refractivity contribution < 1.29 is 14.3 Å². The predicted octanol–water partition coefficient (Wildman–Crippen LogP) is 3.47. The molecule has 1 aromatic carbocycles. The Balaban J connectivity index is 0.00000176. The number of carbonyl (C=O) groups excluding carboxylic acids is 2. The molecule has 1 N–H and O–H groups in total. The second kappa shape index (κ2) is 6.53. The minimum absolute atomic E-state index is 0. The van der Waals surface area contributed by atoms with Gasteiger partial charge in [-0.2, -0.15) is 0 Å². The van der Waals surface area contributed by atoms with Crippen LogP contribution in [0.2, 0.25) is 0 Å². The molecule has 0 saturated carbocycles. The minimum Gasteiger partial charge on any atom is -0.465 e. The molecule has 0 bridgehead atoms. The molecular weight excluding hydrogens is 300 g/mol. The summed E-state index contributed by atoms with van der Waals surface area (Å²) in [7, 11) is 1.33. The number of hydrogen-bond acceptors (Lipinski definition) is 5. The number of esters is 1. The van der Waals surface area contributed by atoms with Crippen LogP contribution >= 0.6 is 11.3 Å². The number of methoxy groups -OCH3 is 1. The van der Waals surface area contributed by atoms with Crippen molar-refractivity contribution in [1.82, 2.24) is 9.97 Å². The van der Waals surface area contributed by atoms with Crippen molar-refractivity contribution in [2.24, 2.45) is 0 Å². The third-order valence-corrected chi connectivity index (χ3v) is 3.91. The summed E-state index contributed by atoms with van der Waals surface area (Å²) in [5.41, 5.74) is 4.21. The molecule has 0 aliphatic rings. The van der Waals surface area contributed by atoms with E-state index in [9.17, 15) is 9.59 Å². The molecular formula is C16H16N2O3S. The van der Waals surface area contributed by atoms with E-state index >= 15 is 0 Å². The SMILES string of the molecule is C.COC(=O)c1cccc(CC(=O)c2cc3scnc3[nH]2)c1. The number of nitrogens with one attached hydrogen (secondary N) is 1. The van der Waals surface area contributed by atoms with Gasteiger partial charge in [-0.25, -0.2) is 9.78 Å². The lowest BCUT2D eigenvalue weighted by molar-refractivity contribution is 0.0600. The molecule has 5 nitrogen and oxygen atoms in total. The molecule has 0 atom stereocenters. The summed E-state index contributed by atoms with van der Waals surface area (Å²) in [6.07, 6.45) is 0.221. The lowest BCUT2D eigenvalue weighted by Crippen LogP contribution is -2.06. The van der Waals surface area contributed by atoms with Crippen LogP contribution in [-0.4, -0.2) is 28.8 Å². The van der Waals surface area contributed by atoms with Crippen molar-refractivity contribution in [3.05, 3.63) is 52.7 Å². The number of thiazole rings is 1. The lowest BCUT2D eigenvalue weighted by Gasteiger charge is -2.03. The Morgan fingerprint density at radius 1 is 1.32 bits per heavy atom. The topological polar surface area (TPSA) is 72.1 Å². The number of hydrogen-bond donors (Lipinski definition) is 1. The fourth-order valence-corrected chi connectivity index (χ4v) is 2.78. The van der Waals surface area contributed by atoms with Gasteiger partial charge in [-0.05, 0) is 23.8 Å². The van der Waals surface area contributed by atoms with E-state index in [4.69, 9.17) is 0 Å². The number of H-pyrrole nitrogens is 1. The third-order valence-electron chi connectivity index (χ3n) is 3.14. The highest BCUT2D eigenvalue weighted by atomic mass is 32.1. The third kappa shape index (κ3) is 3.07. The number of Topliss-reactive ketones (excluding diaryl/α,β-unsaturated/α-hetero) is 1. The van der Waals surface area contributed by atoms with Gasteiger partial charge in [-0.15, -0.1) is 11.3 Å². The summed E-state index contributed by atoms with van der Waals surface area (Å²) in [5, 5.41) is 0. The first-order valence-electron chi connectivity index (χ1n) is 6.30. The maximum Gasteiger partial charge on any atom is 0.337 e. The van der Waals surface area contributed by atoms with Gasteiger partial charge in [0.15, 0.2) is 5.78 Å². The molecule has 0 spiro atoms. The van der Waals surface area contributed by atoms with Crippen LogP contribution in [0.3, 0.4) is 0 Å². The Labute approximate surface area is 132 Å². The summed E-state index contributed by atoms with van der Waals surface area (Å²) in [5.74, 6) is -0.448. The maximum atomic E-state index is 12.3. The monoisotopic (exact) mass is 316 g/mol. The van der Waals surface area contributed by atoms with Crippen LogP contribution in [0.25, 0.3) is 10.3 Å². The van der Waals surface area contributed by atoms with Gasteiger partial charge in [-0.3, -0.25) is 4.79 Å². The zero-order chi connectivity index (χ0) is 14.8. The number of ether oxygens (including phenoxy) is 1. The fourth-order valence-electron chi connectivity index (χ4n) is 2.10. The van der Waals surface area contributed by atoms with Crippen molar-refractivity contribution in [2.75, 3.05) is 7.11 Å². The molecule has 0 saturated heterocycles. The molecule has 3 rings (SSSR count). The van der Waals surface area contributed by atoms with Crippen LogP contribution in [0.5, 0.6) is 0 Å². The molecule has 0 aliphatic carbocycles. The fraction of sp³-hybridized carbons (Fsp3) is 0.188. The van der Waals surface area contributed by atoms with Gasteiger partial charge in [0.05, 0.1) is 28.6 Å². The van der Waals surface area contributed by atoms with Crippen molar-refractivity contribution in [3.8, 4) is 0 Å². The summed E-state index contributed by atoms with van der Waals surface area (Å²) in [4.78, 5) is 30.9. The average molecular weight is 316 g/mol. The Bertz CT molecular complexity index is 791. The highest BCUT2D eigenvalue weighted by molar-refractivity contribution is 7.16. The number of ketones is 1. The van der Waals surface area contributed by atoms with Gasteiger partial charge in [0.25, 0.3) is 0 Å². The van der Waals surface area contributed by atoms with E-state index in [1.165, 1.54) is 18.4 Å². The van der Waals surface area contributed by atoms with Crippen molar-refractivity contribution in [1.29, 1.82) is 0 Å². The highest BCUT2D eigenvalue weighted by Gasteiger charge is 2.13. The van der Waals surface area contributed by atoms with Gasteiger partial charge in [0.2, 0.25) is 0 Å².